The predicted octanol–water partition coefficient (Wildman–Crippen LogP) is 2.30. The number of aryl methyl sites for hydroxylation is 3. The van der Waals surface area contributed by atoms with Gasteiger partial charge in [0, 0.05) is 18.1 Å². The van der Waals surface area contributed by atoms with Crippen molar-refractivity contribution in [3.63, 3.8) is 0 Å². The van der Waals surface area contributed by atoms with Gasteiger partial charge in [0.1, 0.15) is 5.92 Å². The van der Waals surface area contributed by atoms with Gasteiger partial charge in [0.2, 0.25) is 0 Å². The van der Waals surface area contributed by atoms with Crippen molar-refractivity contribution in [1.82, 2.24) is 14.8 Å². The number of carboxylic acid groups (broad SMARTS) is 1. The highest BCUT2D eigenvalue weighted by Crippen LogP contribution is 2.39. The van der Waals surface area contributed by atoms with E-state index in [1.807, 2.05) is 13.2 Å². The Balaban J connectivity index is 1.86. The minimum Gasteiger partial charge on any atom is -0.481 e. The van der Waals surface area contributed by atoms with Gasteiger partial charge in [-0.05, 0) is 19.3 Å². The first-order chi connectivity index (χ1) is 9.58. The third-order valence-corrected chi connectivity index (χ3v) is 4.54. The van der Waals surface area contributed by atoms with E-state index in [0.717, 1.165) is 39.9 Å². The number of aromatic nitrogens is 3. The van der Waals surface area contributed by atoms with Crippen molar-refractivity contribution in [2.75, 3.05) is 5.32 Å². The summed E-state index contributed by atoms with van der Waals surface area (Å²) in [7, 11) is 1.88. The van der Waals surface area contributed by atoms with E-state index in [4.69, 9.17) is 0 Å². The molecule has 0 saturated heterocycles. The molecule has 6 nitrogen and oxygen atoms in total. The summed E-state index contributed by atoms with van der Waals surface area (Å²) in [6.45, 7) is 2.05. The van der Waals surface area contributed by atoms with E-state index >= 15 is 0 Å². The molecule has 7 heteroatoms. The molecule has 106 valence electrons. The van der Waals surface area contributed by atoms with Crippen molar-refractivity contribution in [3.8, 4) is 0 Å². The van der Waals surface area contributed by atoms with E-state index in [-0.39, 0.29) is 0 Å². The maximum absolute atomic E-state index is 11.2. The topological polar surface area (TPSA) is 80.0 Å². The summed E-state index contributed by atoms with van der Waals surface area (Å²) in [5.74, 6) is -1.23. The lowest BCUT2D eigenvalue weighted by molar-refractivity contribution is -0.138. The van der Waals surface area contributed by atoms with Crippen LogP contribution in [0, 0.1) is 0 Å². The standard InChI is InChI=1S/C13H16N4O2S/c1-3-8-9(6-17(2)16-8)14-13-15-11-7(12(18)19)4-5-10(11)20-13/h6-7H,3-5H2,1-2H3,(H,14,15)(H,18,19). The molecule has 2 aromatic rings. The van der Waals surface area contributed by atoms with Crippen LogP contribution in [0.15, 0.2) is 6.20 Å². The SMILES string of the molecule is CCc1nn(C)cc1Nc1nc2c(s1)CCC2C(=O)O. The van der Waals surface area contributed by atoms with Crippen LogP contribution < -0.4 is 5.32 Å². The normalized spacial score (nSPS) is 17.2. The molecule has 0 amide bonds. The lowest BCUT2D eigenvalue weighted by Crippen LogP contribution is -2.08. The number of thiazole rings is 1. The van der Waals surface area contributed by atoms with Crippen molar-refractivity contribution in [3.05, 3.63) is 22.5 Å². The van der Waals surface area contributed by atoms with Gasteiger partial charge in [0.15, 0.2) is 5.13 Å². The maximum Gasteiger partial charge on any atom is 0.312 e. The van der Waals surface area contributed by atoms with Crippen LogP contribution in [0.3, 0.4) is 0 Å². The summed E-state index contributed by atoms with van der Waals surface area (Å²) < 4.78 is 1.77. The highest BCUT2D eigenvalue weighted by atomic mass is 32.1. The van der Waals surface area contributed by atoms with Gasteiger partial charge in [-0.2, -0.15) is 5.10 Å². The van der Waals surface area contributed by atoms with Crippen LogP contribution in [0.1, 0.15) is 35.5 Å². The molecule has 0 spiro atoms. The fourth-order valence-corrected chi connectivity index (χ4v) is 3.59. The van der Waals surface area contributed by atoms with Gasteiger partial charge >= 0.3 is 5.97 Å². The average molecular weight is 292 g/mol. The van der Waals surface area contributed by atoms with E-state index in [1.54, 1.807) is 16.0 Å². The van der Waals surface area contributed by atoms with Crippen LogP contribution >= 0.6 is 11.3 Å². The number of anilines is 2. The van der Waals surface area contributed by atoms with Crippen molar-refractivity contribution in [2.24, 2.45) is 7.05 Å². The lowest BCUT2D eigenvalue weighted by Gasteiger charge is -2.03. The smallest absolute Gasteiger partial charge is 0.312 e. The first-order valence-electron chi connectivity index (χ1n) is 6.60. The summed E-state index contributed by atoms with van der Waals surface area (Å²) in [5.41, 5.74) is 2.65. The molecule has 0 bridgehead atoms. The van der Waals surface area contributed by atoms with E-state index in [9.17, 15) is 9.90 Å². The minimum atomic E-state index is -0.781. The molecule has 1 atom stereocenters. The number of aliphatic carboxylic acids is 1. The number of hydrogen-bond acceptors (Lipinski definition) is 5. The van der Waals surface area contributed by atoms with Crippen LogP contribution in [-0.4, -0.2) is 25.8 Å². The van der Waals surface area contributed by atoms with Crippen LogP contribution in [0.5, 0.6) is 0 Å². The highest BCUT2D eigenvalue weighted by molar-refractivity contribution is 7.15. The second-order valence-corrected chi connectivity index (χ2v) is 5.98. The zero-order valence-electron chi connectivity index (χ0n) is 11.4. The third-order valence-electron chi connectivity index (χ3n) is 3.50. The third kappa shape index (κ3) is 2.18. The number of nitrogens with one attached hydrogen (secondary N) is 1. The van der Waals surface area contributed by atoms with Crippen LogP contribution in [0.4, 0.5) is 10.8 Å². The van der Waals surface area contributed by atoms with Gasteiger partial charge in [-0.15, -0.1) is 11.3 Å². The second kappa shape index (κ2) is 4.90. The van der Waals surface area contributed by atoms with E-state index in [1.165, 1.54) is 0 Å². The molecule has 0 saturated carbocycles. The molecule has 2 N–H and O–H groups in total. The Hall–Kier alpha value is -1.89. The average Bonchev–Trinajstić information content (AvgIpc) is 3.02. The molecule has 2 aromatic heterocycles. The van der Waals surface area contributed by atoms with Crippen LogP contribution in [-0.2, 0) is 24.7 Å². The fourth-order valence-electron chi connectivity index (χ4n) is 2.54. The van der Waals surface area contributed by atoms with Crippen molar-refractivity contribution < 1.29 is 9.90 Å². The number of carboxylic acids is 1. The maximum atomic E-state index is 11.2. The van der Waals surface area contributed by atoms with E-state index in [2.05, 4.69) is 22.3 Å². The number of nitrogens with zero attached hydrogens (tertiary/aromatic N) is 3. The summed E-state index contributed by atoms with van der Waals surface area (Å²) in [4.78, 5) is 16.7. The summed E-state index contributed by atoms with van der Waals surface area (Å²) in [6, 6.07) is 0. The van der Waals surface area contributed by atoms with Gasteiger partial charge in [-0.1, -0.05) is 6.92 Å². The largest absolute Gasteiger partial charge is 0.481 e. The Morgan fingerprint density at radius 1 is 1.65 bits per heavy atom. The number of carbonyl (C=O) groups is 1. The predicted molar refractivity (Wildman–Crippen MR) is 76.7 cm³/mol. The van der Waals surface area contributed by atoms with E-state index in [0.29, 0.717) is 6.42 Å². The molecule has 0 fully saturated rings. The molecule has 3 rings (SSSR count). The van der Waals surface area contributed by atoms with Crippen LogP contribution in [0.25, 0.3) is 0 Å². The van der Waals surface area contributed by atoms with Gasteiger partial charge in [-0.25, -0.2) is 4.98 Å². The van der Waals surface area contributed by atoms with Gasteiger partial charge in [0.25, 0.3) is 0 Å². The highest BCUT2D eigenvalue weighted by Gasteiger charge is 2.32. The van der Waals surface area contributed by atoms with E-state index < -0.39 is 11.9 Å². The Kier molecular flexibility index (Phi) is 3.21. The fraction of sp³-hybridized carbons (Fsp3) is 0.462. The lowest BCUT2D eigenvalue weighted by atomic mass is 10.1. The molecule has 0 aromatic carbocycles. The molecule has 2 heterocycles. The molecular formula is C13H16N4O2S. The monoisotopic (exact) mass is 292 g/mol. The van der Waals surface area contributed by atoms with Crippen molar-refractivity contribution in [1.29, 1.82) is 0 Å². The number of rotatable bonds is 4. The molecule has 1 unspecified atom stereocenters. The molecule has 1 aliphatic rings. The summed E-state index contributed by atoms with van der Waals surface area (Å²) in [6.07, 6.45) is 4.22. The van der Waals surface area contributed by atoms with Gasteiger partial charge in [-0.3, -0.25) is 9.48 Å². The Labute approximate surface area is 120 Å². The second-order valence-electron chi connectivity index (χ2n) is 4.90. The molecular weight excluding hydrogens is 276 g/mol. The summed E-state index contributed by atoms with van der Waals surface area (Å²) in [5, 5.41) is 17.6. The first-order valence-corrected chi connectivity index (χ1v) is 7.42. The Morgan fingerprint density at radius 3 is 3.15 bits per heavy atom. The number of hydrogen-bond donors (Lipinski definition) is 2. The number of fused-ring (bicyclic) bond motifs is 1. The molecule has 1 aliphatic carbocycles. The Bertz CT molecular complexity index is 661. The minimum absolute atomic E-state index is 0.448. The zero-order valence-corrected chi connectivity index (χ0v) is 12.2. The molecule has 0 aliphatic heterocycles. The van der Waals surface area contributed by atoms with Gasteiger partial charge < -0.3 is 10.4 Å². The van der Waals surface area contributed by atoms with Gasteiger partial charge in [0.05, 0.1) is 17.1 Å². The van der Waals surface area contributed by atoms with Crippen LogP contribution in [0.2, 0.25) is 0 Å². The molecule has 20 heavy (non-hydrogen) atoms. The molecule has 0 radical (unpaired) electrons. The summed E-state index contributed by atoms with van der Waals surface area (Å²) >= 11 is 1.54. The quantitative estimate of drug-likeness (QED) is 0.903. The zero-order chi connectivity index (χ0) is 14.3. The van der Waals surface area contributed by atoms with Crippen molar-refractivity contribution >= 4 is 28.1 Å². The first kappa shape index (κ1) is 13.1. The Morgan fingerprint density at radius 2 is 2.45 bits per heavy atom. The van der Waals surface area contributed by atoms with Crippen molar-refractivity contribution in [2.45, 2.75) is 32.1 Å².